The first-order chi connectivity index (χ1) is 14.3. The molecule has 152 valence electrons. The van der Waals surface area contributed by atoms with Gasteiger partial charge in [0.25, 0.3) is 11.9 Å². The number of nitrogens with zero attached hydrogens (tertiary/aromatic N) is 14. The molecule has 16 heteroatoms. The van der Waals surface area contributed by atoms with Crippen molar-refractivity contribution in [2.24, 2.45) is 10.2 Å². The standard InChI is InChI=1S/C14H12Br2N14/c1-5-9(15)7(3)29(27-5)13-23-19-11(20-24-13)17-18-12-21-25-14(26-22-12)30-8(4)10(16)6(2)28-30/h1-4H3/b18-17+. The van der Waals surface area contributed by atoms with Gasteiger partial charge in [0.1, 0.15) is 0 Å². The average molecular weight is 536 g/mol. The van der Waals surface area contributed by atoms with Gasteiger partial charge in [0.15, 0.2) is 0 Å². The van der Waals surface area contributed by atoms with Crippen LogP contribution in [0.4, 0.5) is 11.9 Å². The van der Waals surface area contributed by atoms with Crippen LogP contribution in [-0.2, 0) is 0 Å². The second-order valence-electron chi connectivity index (χ2n) is 5.99. The molecule has 0 amide bonds. The summed E-state index contributed by atoms with van der Waals surface area (Å²) in [4.78, 5) is 0. The molecule has 0 aliphatic heterocycles. The van der Waals surface area contributed by atoms with Gasteiger partial charge in [0.05, 0.1) is 31.7 Å². The molecule has 0 radical (unpaired) electrons. The SMILES string of the molecule is Cc1nn(-c2nnc(/N=N/c3nnc(-n4nc(C)c(Br)c4C)nn3)nn2)c(C)c1Br. The van der Waals surface area contributed by atoms with Crippen molar-refractivity contribution < 1.29 is 0 Å². The zero-order chi connectivity index (χ0) is 21.4. The van der Waals surface area contributed by atoms with Crippen LogP contribution in [0.5, 0.6) is 0 Å². The van der Waals surface area contributed by atoms with E-state index in [-0.39, 0.29) is 23.8 Å². The first-order valence-electron chi connectivity index (χ1n) is 8.36. The molecule has 0 aliphatic rings. The molecule has 0 atom stereocenters. The van der Waals surface area contributed by atoms with Crippen molar-refractivity contribution >= 4 is 43.8 Å². The lowest BCUT2D eigenvalue weighted by Gasteiger charge is -2.00. The van der Waals surface area contributed by atoms with E-state index in [1.807, 2.05) is 27.7 Å². The molecule has 0 bridgehead atoms. The molecule has 4 aromatic heterocycles. The van der Waals surface area contributed by atoms with Gasteiger partial charge in [-0.1, -0.05) is 0 Å². The zero-order valence-corrected chi connectivity index (χ0v) is 19.2. The molecular formula is C14H12Br2N14. The van der Waals surface area contributed by atoms with E-state index in [0.29, 0.717) is 0 Å². The molecule has 0 unspecified atom stereocenters. The van der Waals surface area contributed by atoms with Crippen LogP contribution in [0.25, 0.3) is 11.9 Å². The third-order valence-electron chi connectivity index (χ3n) is 3.93. The normalized spacial score (nSPS) is 11.5. The second kappa shape index (κ2) is 7.94. The Morgan fingerprint density at radius 1 is 0.567 bits per heavy atom. The van der Waals surface area contributed by atoms with Crippen LogP contribution >= 0.6 is 31.9 Å². The summed E-state index contributed by atoms with van der Waals surface area (Å²) in [5, 5.41) is 47.5. The van der Waals surface area contributed by atoms with Crippen LogP contribution < -0.4 is 0 Å². The predicted octanol–water partition coefficient (Wildman–Crippen LogP) is 2.39. The van der Waals surface area contributed by atoms with Crippen molar-refractivity contribution in [3.63, 3.8) is 0 Å². The molecule has 4 rings (SSSR count). The summed E-state index contributed by atoms with van der Waals surface area (Å²) in [7, 11) is 0. The zero-order valence-electron chi connectivity index (χ0n) is 16.0. The molecule has 4 aromatic rings. The fourth-order valence-electron chi connectivity index (χ4n) is 2.41. The van der Waals surface area contributed by atoms with E-state index in [9.17, 15) is 0 Å². The number of rotatable bonds is 4. The van der Waals surface area contributed by atoms with E-state index in [4.69, 9.17) is 0 Å². The summed E-state index contributed by atoms with van der Waals surface area (Å²) in [6.45, 7) is 7.45. The Kier molecular flexibility index (Phi) is 5.33. The molecule has 14 nitrogen and oxygen atoms in total. The van der Waals surface area contributed by atoms with Gasteiger partial charge < -0.3 is 0 Å². The van der Waals surface area contributed by atoms with Crippen LogP contribution in [0.1, 0.15) is 22.8 Å². The molecule has 0 aliphatic carbocycles. The second-order valence-corrected chi connectivity index (χ2v) is 7.58. The quantitative estimate of drug-likeness (QED) is 0.354. The van der Waals surface area contributed by atoms with Crippen LogP contribution in [0.15, 0.2) is 19.2 Å². The summed E-state index contributed by atoms with van der Waals surface area (Å²) in [5.41, 5.74) is 3.25. The monoisotopic (exact) mass is 534 g/mol. The Bertz CT molecular complexity index is 1140. The number of aromatic nitrogens is 12. The molecule has 0 saturated carbocycles. The summed E-state index contributed by atoms with van der Waals surface area (Å²) in [6, 6.07) is 0. The highest BCUT2D eigenvalue weighted by Gasteiger charge is 2.14. The minimum Gasteiger partial charge on any atom is -0.199 e. The molecule has 30 heavy (non-hydrogen) atoms. The highest BCUT2D eigenvalue weighted by atomic mass is 79.9. The van der Waals surface area contributed by atoms with Gasteiger partial charge in [-0.2, -0.15) is 19.6 Å². The van der Waals surface area contributed by atoms with Crippen molar-refractivity contribution in [1.82, 2.24) is 60.4 Å². The maximum Gasteiger partial charge on any atom is 0.306 e. The summed E-state index contributed by atoms with van der Waals surface area (Å²) in [5.74, 6) is 0.268. The predicted molar refractivity (Wildman–Crippen MR) is 108 cm³/mol. The van der Waals surface area contributed by atoms with Crippen LogP contribution in [0.2, 0.25) is 0 Å². The van der Waals surface area contributed by atoms with E-state index in [1.54, 1.807) is 0 Å². The van der Waals surface area contributed by atoms with Gasteiger partial charge in [-0.15, -0.1) is 51.0 Å². The van der Waals surface area contributed by atoms with Gasteiger partial charge in [0.2, 0.25) is 0 Å². The number of halogens is 2. The lowest BCUT2D eigenvalue weighted by Crippen LogP contribution is -2.08. The van der Waals surface area contributed by atoms with Crippen LogP contribution in [0.3, 0.4) is 0 Å². The number of aryl methyl sites for hydroxylation is 2. The number of hydrogen-bond donors (Lipinski definition) is 0. The first kappa shape index (κ1) is 20.1. The molecule has 0 N–H and O–H groups in total. The summed E-state index contributed by atoms with van der Waals surface area (Å²) < 4.78 is 4.77. The Morgan fingerprint density at radius 3 is 1.17 bits per heavy atom. The molecule has 0 fully saturated rings. The lowest BCUT2D eigenvalue weighted by molar-refractivity contribution is 0.699. The van der Waals surface area contributed by atoms with Gasteiger partial charge in [-0.25, -0.2) is 0 Å². The fourth-order valence-corrected chi connectivity index (χ4v) is 2.91. The van der Waals surface area contributed by atoms with Crippen molar-refractivity contribution in [2.45, 2.75) is 27.7 Å². The van der Waals surface area contributed by atoms with E-state index in [0.717, 1.165) is 31.7 Å². The Balaban J connectivity index is 1.51. The molecule has 0 saturated heterocycles. The largest absolute Gasteiger partial charge is 0.306 e. The Labute approximate surface area is 185 Å². The number of hydrogen-bond acceptors (Lipinski definition) is 12. The van der Waals surface area contributed by atoms with Crippen LogP contribution in [0, 0.1) is 27.7 Å². The lowest BCUT2D eigenvalue weighted by atomic mass is 10.4. The summed E-state index contributed by atoms with van der Waals surface area (Å²) in [6.07, 6.45) is 0. The van der Waals surface area contributed by atoms with Crippen molar-refractivity contribution in [3.05, 3.63) is 31.7 Å². The fraction of sp³-hybridized carbons (Fsp3) is 0.286. The topological polar surface area (TPSA) is 163 Å². The van der Waals surface area contributed by atoms with E-state index in [1.165, 1.54) is 9.36 Å². The number of azo groups is 1. The minimum atomic E-state index is -0.0745. The Hall–Kier alpha value is -3.14. The first-order valence-corrected chi connectivity index (χ1v) is 9.94. The maximum absolute atomic E-state index is 4.31. The third kappa shape index (κ3) is 3.70. The van der Waals surface area contributed by atoms with E-state index >= 15 is 0 Å². The van der Waals surface area contributed by atoms with Crippen LogP contribution in [-0.4, -0.2) is 60.4 Å². The molecule has 0 spiro atoms. The molecular weight excluding hydrogens is 524 g/mol. The van der Waals surface area contributed by atoms with Crippen molar-refractivity contribution in [1.29, 1.82) is 0 Å². The molecule has 4 heterocycles. The maximum atomic E-state index is 4.31. The molecule has 0 aromatic carbocycles. The minimum absolute atomic E-state index is 0.0745. The van der Waals surface area contributed by atoms with Gasteiger partial charge in [-0.05, 0) is 59.6 Å². The average Bonchev–Trinajstić information content (AvgIpc) is 3.17. The van der Waals surface area contributed by atoms with Gasteiger partial charge in [-0.3, -0.25) is 0 Å². The highest BCUT2D eigenvalue weighted by Crippen LogP contribution is 2.22. The third-order valence-corrected chi connectivity index (χ3v) is 6.22. The summed E-state index contributed by atoms with van der Waals surface area (Å²) >= 11 is 6.89. The van der Waals surface area contributed by atoms with E-state index < -0.39 is 0 Å². The van der Waals surface area contributed by atoms with Crippen molar-refractivity contribution in [3.8, 4) is 11.9 Å². The van der Waals surface area contributed by atoms with E-state index in [2.05, 4.69) is 93.1 Å². The highest BCUT2D eigenvalue weighted by molar-refractivity contribution is 9.10. The Morgan fingerprint density at radius 2 is 0.900 bits per heavy atom. The van der Waals surface area contributed by atoms with Gasteiger partial charge in [0, 0.05) is 0 Å². The smallest absolute Gasteiger partial charge is 0.199 e. The van der Waals surface area contributed by atoms with Gasteiger partial charge >= 0.3 is 11.9 Å². The van der Waals surface area contributed by atoms with Crippen molar-refractivity contribution in [2.75, 3.05) is 0 Å².